The quantitative estimate of drug-likeness (QED) is 0.598. The molecule has 35 valence electrons. The van der Waals surface area contributed by atoms with Crippen molar-refractivity contribution < 1.29 is 46.9 Å². The number of hydrogen-bond donors (Lipinski definition) is 0. The number of nitrogens with two attached hydrogens (primary N) is 3. The predicted octanol–water partition coefficient (Wildman–Crippen LogP) is 2.15. The fourth-order valence-electron chi connectivity index (χ4n) is 0. The summed E-state index contributed by atoms with van der Waals surface area (Å²) in [6.07, 6.45) is 0. The average Bonchev–Trinajstić information content (AvgIpc) is 0. The summed E-state index contributed by atoms with van der Waals surface area (Å²) in [5.41, 5.74) is 0. The Morgan fingerprint density at radius 2 is 0.500 bits per heavy atom. The Balaban J connectivity index is 0. The third-order valence-corrected chi connectivity index (χ3v) is 0. The molecule has 0 aromatic carbocycles. The van der Waals surface area contributed by atoms with Crippen molar-refractivity contribution in [1.82, 2.24) is 0 Å². The smallest absolute Gasteiger partial charge is 0.693 e. The van der Waals surface area contributed by atoms with Crippen LogP contribution in [0.25, 0.3) is 18.5 Å². The van der Waals surface area contributed by atoms with E-state index in [1.165, 1.54) is 0 Å². The van der Waals surface area contributed by atoms with E-state index >= 15 is 0 Å². The van der Waals surface area contributed by atoms with Gasteiger partial charge in [0, 0.05) is 0 Å². The van der Waals surface area contributed by atoms with Crippen LogP contribution in [0.3, 0.4) is 0 Å². The van der Waals surface area contributed by atoms with Crippen LogP contribution in [-0.4, -0.2) is 0 Å². The normalized spacial score (nSPS) is 0. The van der Waals surface area contributed by atoms with Gasteiger partial charge in [-0.25, -0.2) is 0 Å². The maximum Gasteiger partial charge on any atom is 3.00 e. The van der Waals surface area contributed by atoms with Crippen molar-refractivity contribution in [2.24, 2.45) is 0 Å². The van der Waals surface area contributed by atoms with Crippen LogP contribution in [0, 0.1) is 46.9 Å². The van der Waals surface area contributed by atoms with Gasteiger partial charge in [0.05, 0.1) is 0 Å². The van der Waals surface area contributed by atoms with E-state index < -0.39 is 0 Å². The molecule has 4 heteroatoms. The molecule has 0 rings (SSSR count). The summed E-state index contributed by atoms with van der Waals surface area (Å²) in [6, 6.07) is 0. The van der Waals surface area contributed by atoms with E-state index in [0.29, 0.717) is 0 Å². The summed E-state index contributed by atoms with van der Waals surface area (Å²) in [7, 11) is 0. The van der Waals surface area contributed by atoms with Gasteiger partial charge in [0.25, 0.3) is 0 Å². The minimum atomic E-state index is 0. The van der Waals surface area contributed by atoms with Crippen molar-refractivity contribution in [3.63, 3.8) is 0 Å². The first-order chi connectivity index (χ1) is 0. The Morgan fingerprint density at radius 1 is 0.500 bits per heavy atom. The molecule has 0 aromatic heterocycles. The molecule has 1 radical (unpaired) electrons. The van der Waals surface area contributed by atoms with E-state index in [1.54, 1.807) is 0 Å². The number of rotatable bonds is 0. The predicted molar refractivity (Wildman–Crippen MR) is 15.9 cm³/mol. The first kappa shape index (κ1) is 53.4. The zero-order chi connectivity index (χ0) is 0. The maximum atomic E-state index is 0. The molecule has 0 saturated heterocycles. The Kier molecular flexibility index (Phi) is 346. The van der Waals surface area contributed by atoms with Crippen molar-refractivity contribution in [2.45, 2.75) is 0 Å². The molecule has 0 saturated carbocycles. The molecule has 0 heterocycles. The van der Waals surface area contributed by atoms with Gasteiger partial charge in [-0.2, -0.15) is 0 Å². The second-order valence-corrected chi connectivity index (χ2v) is 0. The first-order valence-electron chi connectivity index (χ1n) is 0. The molecule has 6 N–H and O–H groups in total. The Morgan fingerprint density at radius 3 is 0.500 bits per heavy atom. The van der Waals surface area contributed by atoms with Crippen molar-refractivity contribution in [2.75, 3.05) is 0 Å². The van der Waals surface area contributed by atoms with E-state index in [2.05, 4.69) is 0 Å². The Hall–Kier alpha value is 1.40. The molecule has 3 nitrogen and oxygen atoms in total. The molecule has 0 aromatic rings. The largest absolute Gasteiger partial charge is 3.00 e. The van der Waals surface area contributed by atoms with Crippen LogP contribution in [0.4, 0.5) is 0 Å². The summed E-state index contributed by atoms with van der Waals surface area (Å²) in [5.74, 6) is 0. The summed E-state index contributed by atoms with van der Waals surface area (Å²) in [6.45, 7) is 0. The Labute approximate surface area is 64.5 Å². The monoisotopic (exact) mass is 222 g/mol. The summed E-state index contributed by atoms with van der Waals surface area (Å²) in [4.78, 5) is 0. The molecule has 0 unspecified atom stereocenters. The summed E-state index contributed by atoms with van der Waals surface area (Å²) in [5, 5.41) is 0. The summed E-state index contributed by atoms with van der Waals surface area (Å²) >= 11 is 0. The second-order valence-electron chi connectivity index (χ2n) is 0. The van der Waals surface area contributed by atoms with Gasteiger partial charge in [0.2, 0.25) is 0 Å². The SMILES string of the molecule is [NH2-].[NH2-].[NH2-].[Yb+3]. The zero-order valence-corrected chi connectivity index (χ0v) is 3.71. The molecule has 0 atom stereocenters. The van der Waals surface area contributed by atoms with Gasteiger partial charge in [0.1, 0.15) is 0 Å². The fraction of sp³-hybridized carbons (Fsp3) is 0. The second kappa shape index (κ2) is 26.0. The Bertz CT molecular complexity index is 3.25. The van der Waals surface area contributed by atoms with Gasteiger partial charge in [-0.05, 0) is 0 Å². The van der Waals surface area contributed by atoms with Gasteiger partial charge in [-0.15, -0.1) is 0 Å². The van der Waals surface area contributed by atoms with Crippen molar-refractivity contribution >= 4 is 0 Å². The van der Waals surface area contributed by atoms with E-state index in [4.69, 9.17) is 0 Å². The molecule has 0 aliphatic heterocycles. The standard InChI is InChI=1S/3H2N.Yb/h3*1H2;/q3*-1;+3. The minimum absolute atomic E-state index is 0. The molecular formula is H6N3Yb. The maximum absolute atomic E-state index is 0. The molecule has 0 aliphatic carbocycles. The van der Waals surface area contributed by atoms with Gasteiger partial charge in [0.15, 0.2) is 0 Å². The van der Waals surface area contributed by atoms with E-state index in [0.717, 1.165) is 0 Å². The van der Waals surface area contributed by atoms with E-state index in [9.17, 15) is 0 Å². The molecule has 0 fully saturated rings. The molecule has 0 aliphatic rings. The molecule has 0 spiro atoms. The molecule has 0 amide bonds. The third kappa shape index (κ3) is 9.99. The van der Waals surface area contributed by atoms with Gasteiger partial charge < -0.3 is 18.5 Å². The van der Waals surface area contributed by atoms with Crippen molar-refractivity contribution in [1.29, 1.82) is 0 Å². The van der Waals surface area contributed by atoms with Crippen LogP contribution in [0.5, 0.6) is 0 Å². The minimum Gasteiger partial charge on any atom is -0.693 e. The average molecular weight is 221 g/mol. The van der Waals surface area contributed by atoms with Crippen LogP contribution >= 0.6 is 0 Å². The van der Waals surface area contributed by atoms with E-state index in [-0.39, 0.29) is 65.4 Å². The molecule has 4 heavy (non-hydrogen) atoms. The third-order valence-electron chi connectivity index (χ3n) is 0. The first-order valence-corrected chi connectivity index (χ1v) is 0. The van der Waals surface area contributed by atoms with Crippen LogP contribution in [0.1, 0.15) is 0 Å². The fourth-order valence-corrected chi connectivity index (χ4v) is 0. The van der Waals surface area contributed by atoms with Gasteiger partial charge in [-0.3, -0.25) is 0 Å². The van der Waals surface area contributed by atoms with Crippen LogP contribution in [0.15, 0.2) is 0 Å². The van der Waals surface area contributed by atoms with Gasteiger partial charge >= 0.3 is 46.9 Å². The van der Waals surface area contributed by atoms with Crippen LogP contribution < -0.4 is 0 Å². The van der Waals surface area contributed by atoms with Crippen molar-refractivity contribution in [3.05, 3.63) is 18.5 Å². The van der Waals surface area contributed by atoms with Crippen LogP contribution in [-0.2, 0) is 0 Å². The van der Waals surface area contributed by atoms with Crippen molar-refractivity contribution in [3.8, 4) is 0 Å². The van der Waals surface area contributed by atoms with Crippen LogP contribution in [0.2, 0.25) is 0 Å². The number of hydrogen-bond acceptors (Lipinski definition) is 0. The zero-order valence-electron chi connectivity index (χ0n) is 2.00. The molecule has 0 bridgehead atoms. The summed E-state index contributed by atoms with van der Waals surface area (Å²) < 4.78 is 0. The van der Waals surface area contributed by atoms with Gasteiger partial charge in [-0.1, -0.05) is 0 Å². The van der Waals surface area contributed by atoms with E-state index in [1.807, 2.05) is 0 Å². The molecular weight excluding hydrogens is 215 g/mol. The topological polar surface area (TPSA) is 100 Å².